The van der Waals surface area contributed by atoms with Crippen molar-refractivity contribution >= 4 is 5.91 Å². The fourth-order valence-electron chi connectivity index (χ4n) is 4.10. The molecular formula is C22H32N4O2. The maximum Gasteiger partial charge on any atom is 0.219 e. The van der Waals surface area contributed by atoms with Gasteiger partial charge in [0.2, 0.25) is 5.91 Å². The molecule has 2 aromatic rings. The summed E-state index contributed by atoms with van der Waals surface area (Å²) in [6.07, 6.45) is 5.82. The summed E-state index contributed by atoms with van der Waals surface area (Å²) in [6, 6.07) is 8.98. The van der Waals surface area contributed by atoms with Gasteiger partial charge in [-0.1, -0.05) is 24.3 Å². The van der Waals surface area contributed by atoms with Gasteiger partial charge in [-0.15, -0.1) is 0 Å². The lowest BCUT2D eigenvalue weighted by atomic mass is 9.95. The summed E-state index contributed by atoms with van der Waals surface area (Å²) in [7, 11) is 4.06. The standard InChI is InChI=1S/C22H32N4O2/c1-5-26(17(2)27)21-10-11-28-22(12-21)20-8-6-18(7-9-20)14-24(3)15-19-13-23-25(4)16-19/h6-9,13,16,21-22H,5,10-12,14-15H2,1-4H3/t21-,22+/m1/s1. The molecule has 0 radical (unpaired) electrons. The summed E-state index contributed by atoms with van der Waals surface area (Å²) < 4.78 is 7.85. The van der Waals surface area contributed by atoms with Crippen molar-refractivity contribution in [3.63, 3.8) is 0 Å². The van der Waals surface area contributed by atoms with Gasteiger partial charge in [0.25, 0.3) is 0 Å². The van der Waals surface area contributed by atoms with Crippen LogP contribution in [-0.2, 0) is 29.7 Å². The third-order valence-corrected chi connectivity index (χ3v) is 5.46. The molecule has 1 aromatic heterocycles. The van der Waals surface area contributed by atoms with Crippen molar-refractivity contribution in [2.24, 2.45) is 7.05 Å². The van der Waals surface area contributed by atoms with Crippen LogP contribution in [-0.4, -0.2) is 51.7 Å². The van der Waals surface area contributed by atoms with E-state index in [0.717, 1.165) is 32.5 Å². The number of nitrogens with zero attached hydrogens (tertiary/aromatic N) is 4. The normalized spacial score (nSPS) is 19.8. The first-order valence-corrected chi connectivity index (χ1v) is 10.1. The van der Waals surface area contributed by atoms with E-state index < -0.39 is 0 Å². The Morgan fingerprint density at radius 1 is 1.25 bits per heavy atom. The van der Waals surface area contributed by atoms with E-state index in [0.29, 0.717) is 6.61 Å². The number of hydrogen-bond acceptors (Lipinski definition) is 4. The summed E-state index contributed by atoms with van der Waals surface area (Å²) in [5.74, 6) is 0.153. The minimum atomic E-state index is 0.0642. The monoisotopic (exact) mass is 384 g/mol. The van der Waals surface area contributed by atoms with Crippen LogP contribution in [0.1, 0.15) is 49.5 Å². The maximum atomic E-state index is 11.9. The van der Waals surface area contributed by atoms with Gasteiger partial charge >= 0.3 is 0 Å². The number of carbonyl (C=O) groups is 1. The molecule has 152 valence electrons. The van der Waals surface area contributed by atoms with E-state index >= 15 is 0 Å². The van der Waals surface area contributed by atoms with Crippen LogP contribution in [0.15, 0.2) is 36.7 Å². The van der Waals surface area contributed by atoms with Crippen molar-refractivity contribution in [2.45, 2.75) is 51.9 Å². The summed E-state index contributed by atoms with van der Waals surface area (Å²) in [5.41, 5.74) is 3.69. The SMILES string of the molecule is CCN(C(C)=O)[C@@H]1CCO[C@H](c2ccc(CN(C)Cc3cnn(C)c3)cc2)C1. The number of benzene rings is 1. The van der Waals surface area contributed by atoms with Crippen LogP contribution in [0, 0.1) is 0 Å². The number of aromatic nitrogens is 2. The second-order valence-electron chi connectivity index (χ2n) is 7.78. The Hall–Kier alpha value is -2.18. The lowest BCUT2D eigenvalue weighted by molar-refractivity contribution is -0.134. The van der Waals surface area contributed by atoms with Gasteiger partial charge in [0.15, 0.2) is 0 Å². The van der Waals surface area contributed by atoms with Gasteiger partial charge in [-0.05, 0) is 37.9 Å². The number of ether oxygens (including phenoxy) is 1. The minimum Gasteiger partial charge on any atom is -0.373 e. The van der Waals surface area contributed by atoms with E-state index in [-0.39, 0.29) is 18.1 Å². The molecule has 28 heavy (non-hydrogen) atoms. The zero-order chi connectivity index (χ0) is 20.1. The van der Waals surface area contributed by atoms with Crippen molar-refractivity contribution in [3.05, 3.63) is 53.3 Å². The van der Waals surface area contributed by atoms with Gasteiger partial charge in [0, 0.05) is 58.0 Å². The quantitative estimate of drug-likeness (QED) is 0.736. The first-order valence-electron chi connectivity index (χ1n) is 10.1. The molecule has 0 unspecified atom stereocenters. The minimum absolute atomic E-state index is 0.0642. The number of carbonyl (C=O) groups excluding carboxylic acids is 1. The Bertz CT molecular complexity index is 771. The molecule has 0 spiro atoms. The van der Waals surface area contributed by atoms with Crippen LogP contribution in [0.3, 0.4) is 0 Å². The van der Waals surface area contributed by atoms with Gasteiger partial charge in [-0.25, -0.2) is 0 Å². The van der Waals surface area contributed by atoms with Crippen LogP contribution >= 0.6 is 0 Å². The van der Waals surface area contributed by atoms with E-state index in [1.807, 2.05) is 29.7 Å². The van der Waals surface area contributed by atoms with Crippen molar-refractivity contribution in [3.8, 4) is 0 Å². The highest BCUT2D eigenvalue weighted by molar-refractivity contribution is 5.73. The molecule has 6 heteroatoms. The van der Waals surface area contributed by atoms with E-state index in [4.69, 9.17) is 4.74 Å². The Morgan fingerprint density at radius 2 is 1.96 bits per heavy atom. The molecule has 1 aliphatic rings. The molecule has 6 nitrogen and oxygen atoms in total. The van der Waals surface area contributed by atoms with Gasteiger partial charge in [-0.2, -0.15) is 5.10 Å². The van der Waals surface area contributed by atoms with Crippen LogP contribution in [0.2, 0.25) is 0 Å². The molecule has 0 bridgehead atoms. The highest BCUT2D eigenvalue weighted by Gasteiger charge is 2.28. The van der Waals surface area contributed by atoms with Gasteiger partial charge in [0.1, 0.15) is 0 Å². The maximum absolute atomic E-state index is 11.9. The second kappa shape index (κ2) is 9.34. The van der Waals surface area contributed by atoms with Crippen LogP contribution < -0.4 is 0 Å². The Labute approximate surface area is 168 Å². The summed E-state index contributed by atoms with van der Waals surface area (Å²) in [5, 5.41) is 4.23. The molecule has 3 rings (SSSR count). The Morgan fingerprint density at radius 3 is 2.57 bits per heavy atom. The molecule has 1 aliphatic heterocycles. The van der Waals surface area contributed by atoms with E-state index in [2.05, 4.69) is 47.5 Å². The van der Waals surface area contributed by atoms with Gasteiger partial charge in [0.05, 0.1) is 12.3 Å². The van der Waals surface area contributed by atoms with E-state index in [1.54, 1.807) is 6.92 Å². The Balaban J connectivity index is 1.58. The topological polar surface area (TPSA) is 50.6 Å². The molecule has 1 amide bonds. The number of hydrogen-bond donors (Lipinski definition) is 0. The van der Waals surface area contributed by atoms with Crippen LogP contribution in [0.5, 0.6) is 0 Å². The first-order chi connectivity index (χ1) is 13.5. The Kier molecular flexibility index (Phi) is 6.86. The average Bonchev–Trinajstić information content (AvgIpc) is 3.07. The van der Waals surface area contributed by atoms with E-state index in [9.17, 15) is 4.79 Å². The molecule has 0 aliphatic carbocycles. The molecule has 2 heterocycles. The van der Waals surface area contributed by atoms with Crippen molar-refractivity contribution in [1.29, 1.82) is 0 Å². The number of amides is 1. The van der Waals surface area contributed by atoms with Gasteiger partial charge in [-0.3, -0.25) is 14.4 Å². The predicted molar refractivity (Wildman–Crippen MR) is 110 cm³/mol. The fraction of sp³-hybridized carbons (Fsp3) is 0.545. The molecular weight excluding hydrogens is 352 g/mol. The average molecular weight is 385 g/mol. The first kappa shape index (κ1) is 20.6. The molecule has 1 fully saturated rings. The van der Waals surface area contributed by atoms with Crippen LogP contribution in [0.25, 0.3) is 0 Å². The third-order valence-electron chi connectivity index (χ3n) is 5.46. The highest BCUT2D eigenvalue weighted by atomic mass is 16.5. The third kappa shape index (κ3) is 5.20. The molecule has 2 atom stereocenters. The molecule has 1 aromatic carbocycles. The molecule has 1 saturated heterocycles. The predicted octanol–water partition coefficient (Wildman–Crippen LogP) is 3.14. The van der Waals surface area contributed by atoms with E-state index in [1.165, 1.54) is 16.7 Å². The summed E-state index contributed by atoms with van der Waals surface area (Å²) in [6.45, 7) is 6.93. The number of aryl methyl sites for hydroxylation is 1. The fourth-order valence-corrected chi connectivity index (χ4v) is 4.10. The summed E-state index contributed by atoms with van der Waals surface area (Å²) in [4.78, 5) is 16.1. The summed E-state index contributed by atoms with van der Waals surface area (Å²) >= 11 is 0. The largest absolute Gasteiger partial charge is 0.373 e. The van der Waals surface area contributed by atoms with Crippen LogP contribution in [0.4, 0.5) is 0 Å². The lowest BCUT2D eigenvalue weighted by Crippen LogP contribution is -2.42. The molecule has 0 N–H and O–H groups in total. The van der Waals surface area contributed by atoms with Crippen molar-refractivity contribution in [1.82, 2.24) is 19.6 Å². The van der Waals surface area contributed by atoms with Crippen molar-refractivity contribution < 1.29 is 9.53 Å². The molecule has 0 saturated carbocycles. The van der Waals surface area contributed by atoms with Crippen molar-refractivity contribution in [2.75, 3.05) is 20.2 Å². The smallest absolute Gasteiger partial charge is 0.219 e. The van der Waals surface area contributed by atoms with Gasteiger partial charge < -0.3 is 9.64 Å². The highest BCUT2D eigenvalue weighted by Crippen LogP contribution is 2.31. The number of rotatable bonds is 7. The zero-order valence-electron chi connectivity index (χ0n) is 17.5. The lowest BCUT2D eigenvalue weighted by Gasteiger charge is -2.36. The zero-order valence-corrected chi connectivity index (χ0v) is 17.5. The second-order valence-corrected chi connectivity index (χ2v) is 7.78.